The Morgan fingerprint density at radius 1 is 1.55 bits per heavy atom. The molecule has 112 valence electrons. The molecule has 1 rings (SSSR count). The average Bonchev–Trinajstić information content (AvgIpc) is 2.43. The van der Waals surface area contributed by atoms with Gasteiger partial charge in [-0.05, 0) is 19.3 Å². The molecule has 0 aliphatic heterocycles. The van der Waals surface area contributed by atoms with Gasteiger partial charge in [0.2, 0.25) is 0 Å². The zero-order chi connectivity index (χ0) is 15.3. The quantitative estimate of drug-likeness (QED) is 0.754. The third-order valence-electron chi connectivity index (χ3n) is 3.61. The zero-order valence-electron chi connectivity index (χ0n) is 11.9. The molecule has 0 aromatic rings. The summed E-state index contributed by atoms with van der Waals surface area (Å²) in [4.78, 5) is 26.8. The number of Topliss-reactive ketones (excluding diaryl/α,β-unsaturated/α-hetero) is 1. The third-order valence-corrected chi connectivity index (χ3v) is 3.61. The molecule has 2 atom stereocenters. The Bertz CT molecular complexity index is 457. The van der Waals surface area contributed by atoms with E-state index in [0.717, 1.165) is 6.42 Å². The van der Waals surface area contributed by atoms with Crippen LogP contribution in [-0.4, -0.2) is 35.3 Å². The van der Waals surface area contributed by atoms with E-state index < -0.39 is 12.1 Å². The second-order valence-corrected chi connectivity index (χ2v) is 5.08. The summed E-state index contributed by atoms with van der Waals surface area (Å²) in [6.45, 7) is 3.73. The Morgan fingerprint density at radius 3 is 2.75 bits per heavy atom. The molecule has 0 bridgehead atoms. The van der Waals surface area contributed by atoms with Crippen LogP contribution in [0.1, 0.15) is 39.5 Å². The van der Waals surface area contributed by atoms with Crippen molar-refractivity contribution in [2.24, 2.45) is 16.6 Å². The van der Waals surface area contributed by atoms with Crippen LogP contribution in [0.25, 0.3) is 0 Å². The van der Waals surface area contributed by atoms with Crippen LogP contribution in [0, 0.1) is 5.92 Å². The third kappa shape index (κ3) is 4.15. The van der Waals surface area contributed by atoms with Gasteiger partial charge >= 0.3 is 5.97 Å². The number of carbonyl (C=O) groups excluding carboxylic acids is 1. The van der Waals surface area contributed by atoms with E-state index in [1.165, 1.54) is 0 Å². The van der Waals surface area contributed by atoms with E-state index in [0.29, 0.717) is 12.1 Å². The number of carboxylic acids is 1. The number of carboxylic acid groups (broad SMARTS) is 1. The Hall–Kier alpha value is -1.72. The van der Waals surface area contributed by atoms with E-state index in [1.807, 2.05) is 13.8 Å². The van der Waals surface area contributed by atoms with Crippen molar-refractivity contribution in [3.63, 3.8) is 0 Å². The van der Waals surface area contributed by atoms with Crippen LogP contribution in [0.3, 0.4) is 0 Å². The number of hydrogen-bond acceptors (Lipinski definition) is 4. The summed E-state index contributed by atoms with van der Waals surface area (Å²) in [5, 5.41) is 8.91. The lowest BCUT2D eigenvalue weighted by Gasteiger charge is -2.21. The molecule has 5 nitrogen and oxygen atoms in total. The molecule has 0 saturated heterocycles. The number of ketones is 1. The van der Waals surface area contributed by atoms with Gasteiger partial charge in [-0.15, -0.1) is 0 Å². The monoisotopic (exact) mass is 284 g/mol. The number of carbonyl (C=O) groups is 2. The van der Waals surface area contributed by atoms with Gasteiger partial charge in [-0.25, -0.2) is 9.18 Å². The Balaban J connectivity index is 2.93. The molecule has 6 heteroatoms. The number of nitrogens with two attached hydrogens (primary N) is 1. The van der Waals surface area contributed by atoms with Crippen LogP contribution in [0.2, 0.25) is 0 Å². The molecular formula is C14H21FN2O3. The van der Waals surface area contributed by atoms with Crippen molar-refractivity contribution in [1.82, 2.24) is 0 Å². The van der Waals surface area contributed by atoms with Crippen molar-refractivity contribution < 1.29 is 19.1 Å². The van der Waals surface area contributed by atoms with E-state index in [2.05, 4.69) is 4.99 Å². The average molecular weight is 284 g/mol. The summed E-state index contributed by atoms with van der Waals surface area (Å²) in [7, 11) is 0. The van der Waals surface area contributed by atoms with E-state index in [1.54, 1.807) is 0 Å². The van der Waals surface area contributed by atoms with Crippen molar-refractivity contribution in [1.29, 1.82) is 0 Å². The van der Waals surface area contributed by atoms with Gasteiger partial charge in [-0.3, -0.25) is 9.79 Å². The number of nitrogens with zero attached hydrogens (tertiary/aromatic N) is 1. The molecule has 3 N–H and O–H groups in total. The van der Waals surface area contributed by atoms with Crippen LogP contribution >= 0.6 is 0 Å². The molecule has 1 saturated carbocycles. The summed E-state index contributed by atoms with van der Waals surface area (Å²) < 4.78 is 13.4. The molecule has 0 amide bonds. The van der Waals surface area contributed by atoms with Gasteiger partial charge < -0.3 is 10.8 Å². The summed E-state index contributed by atoms with van der Waals surface area (Å²) >= 11 is 0. The first-order valence-electron chi connectivity index (χ1n) is 6.79. The number of halogens is 1. The maximum Gasteiger partial charge on any atom is 0.352 e. The molecule has 0 radical (unpaired) electrons. The molecule has 1 aliphatic carbocycles. The van der Waals surface area contributed by atoms with Crippen LogP contribution in [0.5, 0.6) is 0 Å². The lowest BCUT2D eigenvalue weighted by Crippen LogP contribution is -2.26. The molecular weight excluding hydrogens is 263 g/mol. The van der Waals surface area contributed by atoms with E-state index in [-0.39, 0.29) is 42.4 Å². The highest BCUT2D eigenvalue weighted by Gasteiger charge is 2.26. The van der Waals surface area contributed by atoms with Crippen molar-refractivity contribution in [3.05, 3.63) is 11.3 Å². The molecule has 1 aliphatic rings. The number of alkyl halides is 1. The van der Waals surface area contributed by atoms with Gasteiger partial charge in [0, 0.05) is 23.6 Å². The van der Waals surface area contributed by atoms with Gasteiger partial charge in [0.05, 0.1) is 6.54 Å². The fourth-order valence-electron chi connectivity index (χ4n) is 2.01. The Kier molecular flexibility index (Phi) is 5.85. The fourth-order valence-corrected chi connectivity index (χ4v) is 2.01. The maximum atomic E-state index is 13.4. The Morgan fingerprint density at radius 2 is 2.20 bits per heavy atom. The van der Waals surface area contributed by atoms with E-state index >= 15 is 0 Å². The minimum absolute atomic E-state index is 0.00229. The smallest absolute Gasteiger partial charge is 0.352 e. The number of aliphatic imine (C=N–C) groups is 1. The number of allylic oxidation sites excluding steroid dienone is 1. The number of aliphatic carboxylic acids is 1. The standard InChI is InChI=1S/C14H21FN2O3/c1-3-8(2)12(18)7-17-11-5-4-9(15)6-10(11)13(16)14(19)20/h8-9H,3-7,16H2,1-2H3,(H,19,20)/b13-10-,17-11?. The summed E-state index contributed by atoms with van der Waals surface area (Å²) in [5.41, 5.74) is 5.79. The first-order chi connectivity index (χ1) is 9.36. The molecule has 0 aromatic carbocycles. The van der Waals surface area contributed by atoms with Crippen LogP contribution in [0.15, 0.2) is 16.3 Å². The lowest BCUT2D eigenvalue weighted by atomic mass is 9.89. The van der Waals surface area contributed by atoms with Crippen LogP contribution in [-0.2, 0) is 9.59 Å². The van der Waals surface area contributed by atoms with Crippen molar-refractivity contribution in [2.75, 3.05) is 6.54 Å². The first kappa shape index (κ1) is 16.3. The summed E-state index contributed by atoms with van der Waals surface area (Å²) in [6.07, 6.45) is 0.183. The van der Waals surface area contributed by atoms with Crippen LogP contribution < -0.4 is 5.73 Å². The van der Waals surface area contributed by atoms with Gasteiger partial charge in [0.25, 0.3) is 0 Å². The Labute approximate surface area is 117 Å². The van der Waals surface area contributed by atoms with Gasteiger partial charge in [-0.2, -0.15) is 0 Å². The summed E-state index contributed by atoms with van der Waals surface area (Å²) in [6, 6.07) is 0. The normalized spacial score (nSPS) is 25.4. The molecule has 0 heterocycles. The topological polar surface area (TPSA) is 92.8 Å². The summed E-state index contributed by atoms with van der Waals surface area (Å²) in [5.74, 6) is -1.37. The van der Waals surface area contributed by atoms with Crippen molar-refractivity contribution >= 4 is 17.5 Å². The highest BCUT2D eigenvalue weighted by Crippen LogP contribution is 2.25. The predicted octanol–water partition coefficient (Wildman–Crippen LogP) is 1.86. The second-order valence-electron chi connectivity index (χ2n) is 5.08. The predicted molar refractivity (Wildman–Crippen MR) is 74.4 cm³/mol. The fraction of sp³-hybridized carbons (Fsp3) is 0.643. The minimum atomic E-state index is -1.28. The molecule has 0 spiro atoms. The van der Waals surface area contributed by atoms with Gasteiger partial charge in [-0.1, -0.05) is 13.8 Å². The minimum Gasteiger partial charge on any atom is -0.477 e. The van der Waals surface area contributed by atoms with E-state index in [4.69, 9.17) is 10.8 Å². The molecule has 1 fully saturated rings. The highest BCUT2D eigenvalue weighted by atomic mass is 19.1. The lowest BCUT2D eigenvalue weighted by molar-refractivity contribution is -0.132. The maximum absolute atomic E-state index is 13.4. The molecule has 2 unspecified atom stereocenters. The second kappa shape index (κ2) is 7.17. The van der Waals surface area contributed by atoms with Gasteiger partial charge in [0.15, 0.2) is 5.78 Å². The largest absolute Gasteiger partial charge is 0.477 e. The van der Waals surface area contributed by atoms with E-state index in [9.17, 15) is 14.0 Å². The number of hydrogen-bond donors (Lipinski definition) is 2. The van der Waals surface area contributed by atoms with Crippen molar-refractivity contribution in [3.8, 4) is 0 Å². The molecule has 20 heavy (non-hydrogen) atoms. The highest BCUT2D eigenvalue weighted by molar-refractivity contribution is 6.07. The van der Waals surface area contributed by atoms with Crippen LogP contribution in [0.4, 0.5) is 4.39 Å². The van der Waals surface area contributed by atoms with Gasteiger partial charge in [0.1, 0.15) is 11.9 Å². The zero-order valence-corrected chi connectivity index (χ0v) is 11.9. The van der Waals surface area contributed by atoms with Crippen molar-refractivity contribution in [2.45, 2.75) is 45.7 Å². The SMILES string of the molecule is CCC(C)C(=O)CN=C1CCC(F)C/C1=C(/N)C(=O)O. The first-order valence-corrected chi connectivity index (χ1v) is 6.79. The molecule has 0 aromatic heterocycles. The number of rotatable bonds is 5.